The van der Waals surface area contributed by atoms with Crippen LogP contribution in [-0.2, 0) is 9.59 Å². The summed E-state index contributed by atoms with van der Waals surface area (Å²) in [6.45, 7) is 2.85. The molecule has 1 fully saturated rings. The second-order valence-corrected chi connectivity index (χ2v) is 6.58. The van der Waals surface area contributed by atoms with Crippen LogP contribution in [0.15, 0.2) is 5.38 Å². The monoisotopic (exact) mass is 311 g/mol. The number of rotatable bonds is 5. The highest BCUT2D eigenvalue weighted by atomic mass is 32.1. The lowest BCUT2D eigenvalue weighted by molar-refractivity contribution is -0.149. The highest BCUT2D eigenvalue weighted by Gasteiger charge is 2.31. The minimum absolute atomic E-state index is 0.277. The lowest BCUT2D eigenvalue weighted by Crippen LogP contribution is -2.38. The summed E-state index contributed by atoms with van der Waals surface area (Å²) >= 11 is 1.30. The van der Waals surface area contributed by atoms with Gasteiger partial charge < -0.3 is 5.11 Å². The number of nitrogens with zero attached hydrogens (tertiary/aromatic N) is 1. The molecule has 0 spiro atoms. The molecule has 1 aromatic rings. The Kier molecular flexibility index (Phi) is 4.26. The van der Waals surface area contributed by atoms with E-state index < -0.39 is 23.3 Å². The Morgan fingerprint density at radius 2 is 2.10 bits per heavy atom. The second-order valence-electron chi connectivity index (χ2n) is 5.72. The van der Waals surface area contributed by atoms with Gasteiger partial charge in [0.2, 0.25) is 5.91 Å². The normalized spacial score (nSPS) is 14.6. The van der Waals surface area contributed by atoms with Crippen LogP contribution in [0, 0.1) is 5.41 Å². The van der Waals surface area contributed by atoms with E-state index >= 15 is 0 Å². The minimum atomic E-state index is -1.22. The predicted octanol–water partition coefficient (Wildman–Crippen LogP) is 2.17. The van der Waals surface area contributed by atoms with Crippen LogP contribution in [-0.4, -0.2) is 28.0 Å². The van der Waals surface area contributed by atoms with Gasteiger partial charge in [0.05, 0.1) is 11.1 Å². The first-order chi connectivity index (χ1) is 9.78. The van der Waals surface area contributed by atoms with Crippen molar-refractivity contribution in [3.63, 3.8) is 0 Å². The molecule has 0 unspecified atom stereocenters. The molecule has 0 aromatic carbocycles. The summed E-state index contributed by atoms with van der Waals surface area (Å²) < 4.78 is 0. The summed E-state index contributed by atoms with van der Waals surface area (Å²) in [7, 11) is 0. The predicted molar refractivity (Wildman–Crippen MR) is 77.3 cm³/mol. The molecule has 2 rings (SSSR count). The second kappa shape index (κ2) is 5.80. The van der Waals surface area contributed by atoms with Gasteiger partial charge >= 0.3 is 12.0 Å². The van der Waals surface area contributed by atoms with Crippen LogP contribution in [0.4, 0.5) is 9.93 Å². The maximum Gasteiger partial charge on any atom is 0.327 e. The van der Waals surface area contributed by atoms with Gasteiger partial charge in [0.25, 0.3) is 0 Å². The molecular weight excluding hydrogens is 294 g/mol. The number of nitrogens with one attached hydrogen (secondary N) is 2. The molecule has 0 radical (unpaired) electrons. The first kappa shape index (κ1) is 15.4. The van der Waals surface area contributed by atoms with E-state index in [0.29, 0.717) is 11.0 Å². The highest BCUT2D eigenvalue weighted by Crippen LogP contribution is 2.40. The van der Waals surface area contributed by atoms with Crippen LogP contribution < -0.4 is 10.6 Å². The van der Waals surface area contributed by atoms with Gasteiger partial charge in [-0.05, 0) is 26.7 Å². The van der Waals surface area contributed by atoms with Crippen LogP contribution in [0.25, 0.3) is 0 Å². The summed E-state index contributed by atoms with van der Waals surface area (Å²) in [5.41, 5.74) is -0.251. The molecule has 1 aromatic heterocycles. The zero-order chi connectivity index (χ0) is 15.6. The third-order valence-electron chi connectivity index (χ3n) is 3.17. The molecule has 0 atom stereocenters. The van der Waals surface area contributed by atoms with E-state index in [2.05, 4.69) is 15.6 Å². The molecule has 3 N–H and O–H groups in total. The molecular formula is C13H17N3O4S. The third kappa shape index (κ3) is 4.25. The maximum atomic E-state index is 11.6. The Morgan fingerprint density at radius 3 is 2.67 bits per heavy atom. The average Bonchev–Trinajstić information content (AvgIpc) is 3.09. The highest BCUT2D eigenvalue weighted by molar-refractivity contribution is 7.13. The van der Waals surface area contributed by atoms with E-state index in [-0.39, 0.29) is 6.42 Å². The van der Waals surface area contributed by atoms with Crippen molar-refractivity contribution in [3.8, 4) is 0 Å². The number of aliphatic carboxylic acids is 1. The van der Waals surface area contributed by atoms with Crippen LogP contribution in [0.5, 0.6) is 0 Å². The third-order valence-corrected chi connectivity index (χ3v) is 3.95. The van der Waals surface area contributed by atoms with Crippen molar-refractivity contribution >= 4 is 34.4 Å². The van der Waals surface area contributed by atoms with Gasteiger partial charge in [0.1, 0.15) is 0 Å². The molecule has 114 valence electrons. The Bertz CT molecular complexity index is 578. The van der Waals surface area contributed by atoms with Gasteiger partial charge in [-0.3, -0.25) is 20.2 Å². The van der Waals surface area contributed by atoms with E-state index in [4.69, 9.17) is 5.11 Å². The number of hydrogen-bond donors (Lipinski definition) is 3. The lowest BCUT2D eigenvalue weighted by Gasteiger charge is -2.17. The lowest BCUT2D eigenvalue weighted by atomic mass is 9.89. The Balaban J connectivity index is 1.83. The molecule has 0 bridgehead atoms. The number of carboxylic acids is 1. The summed E-state index contributed by atoms with van der Waals surface area (Å²) in [4.78, 5) is 38.5. The maximum absolute atomic E-state index is 11.6. The van der Waals surface area contributed by atoms with Crippen molar-refractivity contribution in [2.24, 2.45) is 5.41 Å². The standard InChI is InChI=1S/C13H17N3O4S/c1-13(2,10(18)19)5-9(17)15-11(20)16-12-14-8(6-21-12)7-3-4-7/h6-7H,3-5H2,1-2H3,(H,18,19)(H2,14,15,16,17,20). The molecule has 8 heteroatoms. The van der Waals surface area contributed by atoms with Gasteiger partial charge in [-0.2, -0.15) is 0 Å². The first-order valence-electron chi connectivity index (χ1n) is 6.57. The molecule has 1 saturated carbocycles. The Morgan fingerprint density at radius 1 is 1.43 bits per heavy atom. The number of hydrogen-bond acceptors (Lipinski definition) is 5. The summed E-state index contributed by atoms with van der Waals surface area (Å²) in [6, 6.07) is -0.696. The van der Waals surface area contributed by atoms with E-state index in [1.165, 1.54) is 25.2 Å². The molecule has 21 heavy (non-hydrogen) atoms. The number of carboxylic acid groups (broad SMARTS) is 1. The molecule has 0 aliphatic heterocycles. The van der Waals surface area contributed by atoms with E-state index in [1.807, 2.05) is 5.38 Å². The van der Waals surface area contributed by atoms with Crippen LogP contribution in [0.1, 0.15) is 44.7 Å². The molecule has 1 aliphatic rings. The number of urea groups is 1. The van der Waals surface area contributed by atoms with Crippen molar-refractivity contribution in [1.82, 2.24) is 10.3 Å². The Labute approximate surface area is 125 Å². The molecule has 0 saturated heterocycles. The van der Waals surface area contributed by atoms with Crippen molar-refractivity contribution < 1.29 is 19.5 Å². The fourth-order valence-corrected chi connectivity index (χ4v) is 2.47. The van der Waals surface area contributed by atoms with Crippen LogP contribution >= 0.6 is 11.3 Å². The number of anilines is 1. The van der Waals surface area contributed by atoms with Crippen molar-refractivity contribution in [2.75, 3.05) is 5.32 Å². The van der Waals surface area contributed by atoms with Crippen molar-refractivity contribution in [1.29, 1.82) is 0 Å². The van der Waals surface area contributed by atoms with Gasteiger partial charge in [0.15, 0.2) is 5.13 Å². The van der Waals surface area contributed by atoms with Crippen LogP contribution in [0.3, 0.4) is 0 Å². The minimum Gasteiger partial charge on any atom is -0.481 e. The quantitative estimate of drug-likeness (QED) is 0.772. The molecule has 1 aliphatic carbocycles. The summed E-state index contributed by atoms with van der Waals surface area (Å²) in [5.74, 6) is -1.23. The number of amides is 3. The smallest absolute Gasteiger partial charge is 0.327 e. The van der Waals surface area contributed by atoms with E-state index in [1.54, 1.807) is 0 Å². The topological polar surface area (TPSA) is 108 Å². The van der Waals surface area contributed by atoms with Gasteiger partial charge in [-0.25, -0.2) is 9.78 Å². The number of imide groups is 1. The number of aromatic nitrogens is 1. The molecule has 7 nitrogen and oxygen atoms in total. The van der Waals surface area contributed by atoms with Gasteiger partial charge in [-0.15, -0.1) is 11.3 Å². The summed E-state index contributed by atoms with van der Waals surface area (Å²) in [5, 5.41) is 15.8. The SMILES string of the molecule is CC(C)(CC(=O)NC(=O)Nc1nc(C2CC2)cs1)C(=O)O. The Hall–Kier alpha value is -1.96. The summed E-state index contributed by atoms with van der Waals surface area (Å²) in [6.07, 6.45) is 1.97. The molecule has 1 heterocycles. The van der Waals surface area contributed by atoms with Crippen LogP contribution in [0.2, 0.25) is 0 Å². The fraction of sp³-hybridized carbons (Fsp3) is 0.538. The average molecular weight is 311 g/mol. The largest absolute Gasteiger partial charge is 0.481 e. The zero-order valence-electron chi connectivity index (χ0n) is 11.8. The number of thiazole rings is 1. The molecule has 3 amide bonds. The zero-order valence-corrected chi connectivity index (χ0v) is 12.6. The first-order valence-corrected chi connectivity index (χ1v) is 7.45. The van der Waals surface area contributed by atoms with Crippen molar-refractivity contribution in [3.05, 3.63) is 11.1 Å². The van der Waals surface area contributed by atoms with Gasteiger partial charge in [-0.1, -0.05) is 0 Å². The fourth-order valence-electron chi connectivity index (χ4n) is 1.69. The van der Waals surface area contributed by atoms with E-state index in [9.17, 15) is 14.4 Å². The number of carbonyl (C=O) groups is 3. The van der Waals surface area contributed by atoms with Crippen molar-refractivity contribution in [2.45, 2.75) is 39.0 Å². The van der Waals surface area contributed by atoms with Gasteiger partial charge in [0, 0.05) is 17.7 Å². The van der Waals surface area contributed by atoms with E-state index in [0.717, 1.165) is 18.5 Å². The number of carbonyl (C=O) groups excluding carboxylic acids is 2.